The molecular weight excluding hydrogens is 921 g/mol. The van der Waals surface area contributed by atoms with Gasteiger partial charge in [0.2, 0.25) is 0 Å². The topological polar surface area (TPSA) is 73.8 Å². The summed E-state index contributed by atoms with van der Waals surface area (Å²) in [5, 5.41) is 0. The zero-order chi connectivity index (χ0) is 53.7. The monoisotopic (exact) mass is 1020 g/mol. The molecule has 408 valence electrons. The summed E-state index contributed by atoms with van der Waals surface area (Å²) in [6.07, 6.45) is 13.7. The third-order valence-corrected chi connectivity index (χ3v) is 14.7. The van der Waals surface area contributed by atoms with Crippen LogP contribution in [0.2, 0.25) is 0 Å². The Kier molecular flexibility index (Phi) is 21.2. The van der Waals surface area contributed by atoms with E-state index in [4.69, 9.17) is 37.9 Å². The van der Waals surface area contributed by atoms with E-state index in [1.54, 1.807) is 0 Å². The molecule has 0 amide bonds. The quantitative estimate of drug-likeness (QED) is 0.0805. The van der Waals surface area contributed by atoms with E-state index in [2.05, 4.69) is 138 Å². The summed E-state index contributed by atoms with van der Waals surface area (Å²) in [6, 6.07) is 19.0. The average molecular weight is 1020 g/mol. The summed E-state index contributed by atoms with van der Waals surface area (Å²) in [5.74, 6) is 3.54. The molecule has 1 aliphatic carbocycles. The van der Waals surface area contributed by atoms with E-state index in [-0.39, 0.29) is 27.8 Å². The molecule has 0 radical (unpaired) electrons. The van der Waals surface area contributed by atoms with Crippen LogP contribution in [-0.4, -0.2) is 79.8 Å². The summed E-state index contributed by atoms with van der Waals surface area (Å²) in [7, 11) is 3.65. The number of unbranched alkanes of at least 4 members (excludes halogenated alkanes) is 7. The number of methoxy groups -OCH3 is 2. The molecule has 4 aromatic carbocycles. The van der Waals surface area contributed by atoms with E-state index in [0.717, 1.165) is 86.8 Å². The molecule has 0 aromatic heterocycles. The van der Waals surface area contributed by atoms with Crippen LogP contribution < -0.4 is 18.9 Å². The highest BCUT2D eigenvalue weighted by Gasteiger charge is 2.30. The van der Waals surface area contributed by atoms with Gasteiger partial charge in [-0.1, -0.05) is 170 Å². The van der Waals surface area contributed by atoms with Gasteiger partial charge in [-0.05, 0) is 108 Å². The Balaban J connectivity index is 1.57. The van der Waals surface area contributed by atoms with Gasteiger partial charge in [-0.25, -0.2) is 0 Å². The van der Waals surface area contributed by atoms with Crippen LogP contribution in [0.1, 0.15) is 201 Å². The second-order valence-electron chi connectivity index (χ2n) is 25.1. The highest BCUT2D eigenvalue weighted by Crippen LogP contribution is 2.44. The molecule has 6 rings (SSSR count). The van der Waals surface area contributed by atoms with E-state index >= 15 is 0 Å². The smallest absolute Gasteiger partial charge is 0.126 e. The third kappa shape index (κ3) is 16.6. The Morgan fingerprint density at radius 1 is 0.459 bits per heavy atom. The Hall–Kier alpha value is -4.34. The van der Waals surface area contributed by atoms with Crippen molar-refractivity contribution >= 4 is 0 Å². The van der Waals surface area contributed by atoms with Crippen LogP contribution in [-0.2, 0) is 66.3 Å². The Morgan fingerprint density at radius 3 is 1.20 bits per heavy atom. The molecule has 2 aliphatic rings. The zero-order valence-corrected chi connectivity index (χ0v) is 48.6. The minimum atomic E-state index is -0.326. The molecule has 8 nitrogen and oxygen atoms in total. The number of allylic oxidation sites excluding steroid dienone is 1. The van der Waals surface area contributed by atoms with Gasteiger partial charge in [0.25, 0.3) is 0 Å². The predicted molar refractivity (Wildman–Crippen MR) is 305 cm³/mol. The fraction of sp³-hybridized carbons (Fsp3) is 0.606. The lowest BCUT2D eigenvalue weighted by Gasteiger charge is -2.29. The molecule has 1 atom stereocenters. The summed E-state index contributed by atoms with van der Waals surface area (Å²) in [5.41, 5.74) is 13.4. The van der Waals surface area contributed by atoms with Gasteiger partial charge in [0, 0.05) is 32.3 Å². The number of fused-ring (bicyclic) bond motifs is 2. The number of hydrogen-bond acceptors (Lipinski definition) is 8. The van der Waals surface area contributed by atoms with Gasteiger partial charge in [-0.3, -0.25) is 0 Å². The molecule has 4 aromatic rings. The van der Waals surface area contributed by atoms with E-state index in [1.807, 2.05) is 20.3 Å². The summed E-state index contributed by atoms with van der Waals surface area (Å²) in [6.45, 7) is 35.5. The standard InChI is InChI=1S/C66H96O8/c1-16-17-18-19-20-21-22-23-24-25-71-44-58-45-74-62-52-34-48-38-54(63(2,3)4)36-46(59(48)67-14)32-50-40-56(65(8,9)10)41-51(61(50)73-31-29-70-27-26-69-28-30-72-58)33-47-37-55(64(5,6)7)39-49(60(47)68-15)35-53(62)43-57(42-52)66(11,12)13/h16,36-43,58H,1,17-35,44-45H2,2-15H3. The first kappa shape index (κ1) is 58.9. The fourth-order valence-corrected chi connectivity index (χ4v) is 10.2. The predicted octanol–water partition coefficient (Wildman–Crippen LogP) is 15.1. The van der Waals surface area contributed by atoms with Gasteiger partial charge >= 0.3 is 0 Å². The number of benzene rings is 4. The third-order valence-electron chi connectivity index (χ3n) is 14.7. The van der Waals surface area contributed by atoms with Crippen molar-refractivity contribution in [2.75, 3.05) is 73.7 Å². The van der Waals surface area contributed by atoms with Crippen molar-refractivity contribution in [3.05, 3.63) is 128 Å². The van der Waals surface area contributed by atoms with Crippen LogP contribution in [0.15, 0.2) is 61.2 Å². The molecule has 0 saturated heterocycles. The molecule has 8 heteroatoms. The number of hydrogen-bond donors (Lipinski definition) is 0. The first-order valence-electron chi connectivity index (χ1n) is 28.0. The van der Waals surface area contributed by atoms with E-state index in [0.29, 0.717) is 85.1 Å². The van der Waals surface area contributed by atoms with Crippen LogP contribution in [0.3, 0.4) is 0 Å². The maximum Gasteiger partial charge on any atom is 0.126 e. The minimum absolute atomic E-state index is 0.134. The highest BCUT2D eigenvalue weighted by atomic mass is 16.6. The largest absolute Gasteiger partial charge is 0.496 e. The molecule has 1 aliphatic heterocycles. The van der Waals surface area contributed by atoms with Crippen LogP contribution in [0.4, 0.5) is 0 Å². The Labute approximate surface area is 448 Å². The van der Waals surface area contributed by atoms with Crippen LogP contribution in [0.5, 0.6) is 23.0 Å². The molecule has 0 N–H and O–H groups in total. The molecule has 10 bridgehead atoms. The lowest BCUT2D eigenvalue weighted by Crippen LogP contribution is -2.29. The molecule has 74 heavy (non-hydrogen) atoms. The van der Waals surface area contributed by atoms with Crippen molar-refractivity contribution in [1.29, 1.82) is 0 Å². The van der Waals surface area contributed by atoms with Crippen LogP contribution >= 0.6 is 0 Å². The second-order valence-corrected chi connectivity index (χ2v) is 25.1. The van der Waals surface area contributed by atoms with Gasteiger partial charge in [-0.15, -0.1) is 6.58 Å². The number of ether oxygens (including phenoxy) is 8. The van der Waals surface area contributed by atoms with E-state index < -0.39 is 0 Å². The molecule has 1 unspecified atom stereocenters. The van der Waals surface area contributed by atoms with Gasteiger partial charge in [0.05, 0.1) is 53.9 Å². The first-order chi connectivity index (χ1) is 35.1. The van der Waals surface area contributed by atoms with Gasteiger partial charge in [0.1, 0.15) is 42.3 Å². The first-order valence-corrected chi connectivity index (χ1v) is 28.0. The van der Waals surface area contributed by atoms with Gasteiger partial charge in [0.15, 0.2) is 0 Å². The molecule has 0 fully saturated rings. The van der Waals surface area contributed by atoms with Gasteiger partial charge < -0.3 is 37.9 Å². The molecule has 0 spiro atoms. The Bertz CT molecular complexity index is 2320. The number of rotatable bonds is 14. The normalized spacial score (nSPS) is 16.5. The summed E-state index contributed by atoms with van der Waals surface area (Å²) >= 11 is 0. The highest BCUT2D eigenvalue weighted by molar-refractivity contribution is 5.60. The zero-order valence-electron chi connectivity index (χ0n) is 48.6. The van der Waals surface area contributed by atoms with Crippen molar-refractivity contribution in [2.24, 2.45) is 0 Å². The van der Waals surface area contributed by atoms with Crippen molar-refractivity contribution in [2.45, 2.75) is 188 Å². The lowest BCUT2D eigenvalue weighted by molar-refractivity contribution is -0.0595. The maximum absolute atomic E-state index is 7.32. The summed E-state index contributed by atoms with van der Waals surface area (Å²) in [4.78, 5) is 0. The lowest BCUT2D eigenvalue weighted by atomic mass is 9.79. The average Bonchev–Trinajstić information content (AvgIpc) is 3.31. The molecular formula is C66H96O8. The van der Waals surface area contributed by atoms with Gasteiger partial charge in [-0.2, -0.15) is 0 Å². The van der Waals surface area contributed by atoms with Crippen molar-refractivity contribution in [3.63, 3.8) is 0 Å². The fourth-order valence-electron chi connectivity index (χ4n) is 10.2. The van der Waals surface area contributed by atoms with Crippen molar-refractivity contribution in [3.8, 4) is 23.0 Å². The maximum atomic E-state index is 7.32. The second kappa shape index (κ2) is 26.6. The minimum Gasteiger partial charge on any atom is -0.496 e. The van der Waals surface area contributed by atoms with E-state index in [1.165, 1.54) is 54.4 Å². The van der Waals surface area contributed by atoms with E-state index in [9.17, 15) is 0 Å². The molecule has 1 heterocycles. The summed E-state index contributed by atoms with van der Waals surface area (Å²) < 4.78 is 52.8. The van der Waals surface area contributed by atoms with Crippen molar-refractivity contribution < 1.29 is 37.9 Å². The van der Waals surface area contributed by atoms with Crippen LogP contribution in [0, 0.1) is 0 Å². The van der Waals surface area contributed by atoms with Crippen LogP contribution in [0.25, 0.3) is 0 Å². The Morgan fingerprint density at radius 2 is 0.811 bits per heavy atom. The SMILES string of the molecule is C=CCCCCCCCCCOCC1COc2c3cc(C(C)(C)C)cc2Cc2cc(C(C)(C)C)cc(c2OC)Cc2cc(C(C)(C)C)cc(c2OCCOCCOCCO1)Cc1cc(C(C)(C)C)cc(c1OC)C3. The van der Waals surface area contributed by atoms with Crippen molar-refractivity contribution in [1.82, 2.24) is 0 Å². The molecule has 0 saturated carbocycles.